The molecule has 0 aromatic heterocycles. The van der Waals surface area contributed by atoms with E-state index in [9.17, 15) is 14.7 Å². The first kappa shape index (κ1) is 34.5. The second kappa shape index (κ2) is 16.6. The van der Waals surface area contributed by atoms with Crippen LogP contribution in [0.5, 0.6) is 0 Å². The fourth-order valence-corrected chi connectivity index (χ4v) is 4.51. The molecule has 1 rings (SSSR count). The molecule has 4 atom stereocenters. The highest BCUT2D eigenvalue weighted by molar-refractivity contribution is 5.84. The Bertz CT molecular complexity index is 919. The van der Waals surface area contributed by atoms with E-state index in [1.54, 1.807) is 27.2 Å². The number of carbonyl (C=O) groups excluding carboxylic acids is 2. The van der Waals surface area contributed by atoms with Crippen molar-refractivity contribution in [3.05, 3.63) is 29.3 Å². The number of aliphatic hydroxyl groups is 1. The van der Waals surface area contributed by atoms with Crippen molar-refractivity contribution >= 4 is 23.7 Å². The van der Waals surface area contributed by atoms with Gasteiger partial charge < -0.3 is 31.9 Å². The van der Waals surface area contributed by atoms with E-state index in [1.165, 1.54) is 5.56 Å². The van der Waals surface area contributed by atoms with Crippen molar-refractivity contribution in [3.63, 3.8) is 0 Å². The number of benzene rings is 1. The minimum atomic E-state index is -0.851. The average molecular weight is 549 g/mol. The van der Waals surface area contributed by atoms with Crippen molar-refractivity contribution in [1.29, 1.82) is 0 Å². The Kier molecular flexibility index (Phi) is 14.7. The number of hydrogen-bond donors (Lipinski definition) is 6. The average Bonchev–Trinajstić information content (AvgIpc) is 2.87. The van der Waals surface area contributed by atoms with Crippen LogP contribution in [0.3, 0.4) is 0 Å². The number of anilines is 1. The molecular weight excluding hydrogens is 494 g/mol. The summed E-state index contributed by atoms with van der Waals surface area (Å²) in [5, 5.41) is 23.2. The number of nitrogens with two attached hydrogens (primary N) is 3. The summed E-state index contributed by atoms with van der Waals surface area (Å²) in [7, 11) is 1.69. The molecule has 0 radical (unpaired) electrons. The van der Waals surface area contributed by atoms with E-state index in [0.29, 0.717) is 18.9 Å². The smallest absolute Gasteiger partial charge is 0.224 e. The fourth-order valence-electron chi connectivity index (χ4n) is 4.51. The van der Waals surface area contributed by atoms with Gasteiger partial charge in [0.25, 0.3) is 0 Å². The van der Waals surface area contributed by atoms with E-state index < -0.39 is 29.4 Å². The van der Waals surface area contributed by atoms with Gasteiger partial charge in [-0.3, -0.25) is 15.0 Å². The highest BCUT2D eigenvalue weighted by atomic mass is 16.5. The van der Waals surface area contributed by atoms with Gasteiger partial charge in [-0.1, -0.05) is 33.8 Å². The summed E-state index contributed by atoms with van der Waals surface area (Å²) in [5.41, 5.74) is 14.2. The number of hydrogen-bond acceptors (Lipinski definition) is 6. The second-order valence-electron chi connectivity index (χ2n) is 12.1. The summed E-state index contributed by atoms with van der Waals surface area (Å²) < 4.78 is 5.14. The van der Waals surface area contributed by atoms with Gasteiger partial charge in [0.2, 0.25) is 11.8 Å². The summed E-state index contributed by atoms with van der Waals surface area (Å²) >= 11 is 0. The molecule has 0 bridgehead atoms. The Hall–Kier alpha value is -2.49. The molecule has 0 unspecified atom stereocenters. The van der Waals surface area contributed by atoms with E-state index in [0.717, 1.165) is 30.6 Å². The van der Waals surface area contributed by atoms with Crippen LogP contribution < -0.4 is 27.5 Å². The highest BCUT2D eigenvalue weighted by Crippen LogP contribution is 2.27. The minimum Gasteiger partial charge on any atom is -0.391 e. The molecular formula is C30H54N5O4+. The third kappa shape index (κ3) is 11.6. The molecule has 2 amide bonds. The monoisotopic (exact) mass is 548 g/mol. The molecule has 39 heavy (non-hydrogen) atoms. The lowest BCUT2D eigenvalue weighted by Gasteiger charge is -2.30. The van der Waals surface area contributed by atoms with Crippen molar-refractivity contribution in [3.8, 4) is 0 Å². The number of methoxy groups -OCH3 is 1. The van der Waals surface area contributed by atoms with E-state index in [-0.39, 0.29) is 30.7 Å². The molecule has 0 spiro atoms. The van der Waals surface area contributed by atoms with Crippen LogP contribution in [0.25, 0.3) is 0 Å². The largest absolute Gasteiger partial charge is 0.391 e. The van der Waals surface area contributed by atoms with Crippen LogP contribution in [0.15, 0.2) is 18.2 Å². The van der Waals surface area contributed by atoms with Gasteiger partial charge >= 0.3 is 0 Å². The van der Waals surface area contributed by atoms with Gasteiger partial charge in [0.05, 0.1) is 17.1 Å². The standard InChI is InChI=1S/C30H53N5O4/c1-19(2)23(13-21-9-10-22(17-31)26(14-21)34-11-8-12-39-7)15-25(32)27(36)16-24(20(3)4)28(37)35-18-30(5,6)29(33)38/h9-10,14,17,19-20,23-25,27,31,34,36H,8,11-13,15-16,18,32H2,1-7H3,(H2,33,38)(H,35,37)/p+1/t23-,24-,25-,27+/m0/s1. The van der Waals surface area contributed by atoms with Crippen molar-refractivity contribution in [2.75, 3.05) is 32.1 Å². The Balaban J connectivity index is 2.88. The number of rotatable bonds is 19. The molecule has 1 aromatic carbocycles. The van der Waals surface area contributed by atoms with E-state index in [1.807, 2.05) is 19.9 Å². The molecule has 0 saturated carbocycles. The summed E-state index contributed by atoms with van der Waals surface area (Å²) in [5.74, 6) is -0.520. The zero-order chi connectivity index (χ0) is 29.8. The first-order valence-corrected chi connectivity index (χ1v) is 14.1. The molecule has 222 valence electrons. The third-order valence-electron chi connectivity index (χ3n) is 7.66. The number of amides is 2. The van der Waals surface area contributed by atoms with Crippen LogP contribution in [0.4, 0.5) is 5.69 Å². The van der Waals surface area contributed by atoms with Crippen molar-refractivity contribution in [2.24, 2.45) is 40.6 Å². The lowest BCUT2D eigenvalue weighted by molar-refractivity contribution is -0.130. The predicted molar refractivity (Wildman–Crippen MR) is 158 cm³/mol. The number of aliphatic hydroxyl groups excluding tert-OH is 1. The highest BCUT2D eigenvalue weighted by Gasteiger charge is 2.32. The van der Waals surface area contributed by atoms with Crippen LogP contribution in [-0.4, -0.2) is 62.1 Å². The second-order valence-corrected chi connectivity index (χ2v) is 12.1. The van der Waals surface area contributed by atoms with Gasteiger partial charge in [0, 0.05) is 44.5 Å². The maximum atomic E-state index is 12.9. The zero-order valence-electron chi connectivity index (χ0n) is 25.1. The molecule has 0 heterocycles. The topological polar surface area (TPSA) is 165 Å². The SMILES string of the molecule is COCCCNc1cc(C[C@@H](C[C@H](N)[C@H](O)C[C@H](C(=O)NCC(C)(C)C(N)=O)C(C)C)C(C)C)ccc1C=[NH2+]. The number of carbonyl (C=O) groups is 2. The molecule has 0 saturated heterocycles. The molecule has 1 aromatic rings. The Morgan fingerprint density at radius 1 is 1.15 bits per heavy atom. The van der Waals surface area contributed by atoms with Crippen LogP contribution in [0.2, 0.25) is 0 Å². The summed E-state index contributed by atoms with van der Waals surface area (Å²) in [4.78, 5) is 24.6. The zero-order valence-corrected chi connectivity index (χ0v) is 25.1. The fraction of sp³-hybridized carbons (Fsp3) is 0.700. The van der Waals surface area contributed by atoms with E-state index in [4.69, 9.17) is 21.6 Å². The van der Waals surface area contributed by atoms with Crippen molar-refractivity contribution < 1.29 is 24.8 Å². The Labute approximate surface area is 235 Å². The summed E-state index contributed by atoms with van der Waals surface area (Å²) in [6.45, 7) is 13.2. The summed E-state index contributed by atoms with van der Waals surface area (Å²) in [6.07, 6.45) is 3.35. The predicted octanol–water partition coefficient (Wildman–Crippen LogP) is 1.50. The van der Waals surface area contributed by atoms with Crippen LogP contribution >= 0.6 is 0 Å². The van der Waals surface area contributed by atoms with Gasteiger partial charge in [-0.05, 0) is 75.0 Å². The molecule has 0 aliphatic carbocycles. The molecule has 0 aliphatic rings. The van der Waals surface area contributed by atoms with E-state index in [2.05, 4.69) is 36.6 Å². The van der Waals surface area contributed by atoms with Gasteiger partial charge in [0.15, 0.2) is 6.21 Å². The summed E-state index contributed by atoms with van der Waals surface area (Å²) in [6, 6.07) is 5.77. The minimum absolute atomic E-state index is 0.00268. The van der Waals surface area contributed by atoms with Crippen molar-refractivity contribution in [2.45, 2.75) is 79.4 Å². The Morgan fingerprint density at radius 2 is 1.82 bits per heavy atom. The van der Waals surface area contributed by atoms with Gasteiger partial charge in [-0.2, -0.15) is 0 Å². The van der Waals surface area contributed by atoms with E-state index >= 15 is 0 Å². The van der Waals surface area contributed by atoms with Crippen LogP contribution in [-0.2, 0) is 20.7 Å². The van der Waals surface area contributed by atoms with Gasteiger partial charge in [-0.15, -0.1) is 0 Å². The third-order valence-corrected chi connectivity index (χ3v) is 7.66. The molecule has 0 fully saturated rings. The first-order chi connectivity index (χ1) is 18.2. The maximum Gasteiger partial charge on any atom is 0.224 e. The van der Waals surface area contributed by atoms with Gasteiger partial charge in [0.1, 0.15) is 0 Å². The maximum absolute atomic E-state index is 12.9. The lowest BCUT2D eigenvalue weighted by atomic mass is 9.80. The molecule has 0 aliphatic heterocycles. The first-order valence-electron chi connectivity index (χ1n) is 14.1. The number of primary amides is 1. The quantitative estimate of drug-likeness (QED) is 0.113. The number of ether oxygens (including phenoxy) is 1. The lowest BCUT2D eigenvalue weighted by Crippen LogP contribution is -2.46. The molecule has 9 nitrogen and oxygen atoms in total. The van der Waals surface area contributed by atoms with Crippen LogP contribution in [0.1, 0.15) is 71.9 Å². The molecule has 9 N–H and O–H groups in total. The molecule has 9 heteroatoms. The van der Waals surface area contributed by atoms with Gasteiger partial charge in [-0.25, -0.2) is 0 Å². The number of nitrogens with one attached hydrogen (secondary N) is 2. The van der Waals surface area contributed by atoms with Crippen molar-refractivity contribution in [1.82, 2.24) is 5.32 Å². The Morgan fingerprint density at radius 3 is 2.36 bits per heavy atom. The van der Waals surface area contributed by atoms with Crippen LogP contribution in [0, 0.1) is 29.1 Å². The normalized spacial score (nSPS) is 15.1.